The number of hydrogen-bond acceptors (Lipinski definition) is 4. The van der Waals surface area contributed by atoms with E-state index in [4.69, 9.17) is 0 Å². The summed E-state index contributed by atoms with van der Waals surface area (Å²) in [6, 6.07) is 4.59. The number of rotatable bonds is 3. The predicted molar refractivity (Wildman–Crippen MR) is 60.2 cm³/mol. The molecule has 0 fully saturated rings. The molecule has 0 aliphatic carbocycles. The SMILES string of the molecule is CC(=O)OCC(=O)NC(=O)Nc1ccccc1F. The highest BCUT2D eigenvalue weighted by molar-refractivity contribution is 6.01. The molecule has 0 unspecified atom stereocenters. The molecule has 0 bridgehead atoms. The van der Waals surface area contributed by atoms with E-state index in [9.17, 15) is 18.8 Å². The fourth-order valence-electron chi connectivity index (χ4n) is 1.05. The fraction of sp³-hybridized carbons (Fsp3) is 0.182. The van der Waals surface area contributed by atoms with Gasteiger partial charge >= 0.3 is 12.0 Å². The van der Waals surface area contributed by atoms with Crippen LogP contribution >= 0.6 is 0 Å². The number of anilines is 1. The van der Waals surface area contributed by atoms with E-state index in [-0.39, 0.29) is 5.69 Å². The Hall–Kier alpha value is -2.44. The van der Waals surface area contributed by atoms with E-state index in [1.165, 1.54) is 18.2 Å². The number of hydrogen-bond donors (Lipinski definition) is 2. The largest absolute Gasteiger partial charge is 0.456 e. The van der Waals surface area contributed by atoms with E-state index in [1.807, 2.05) is 5.32 Å². The summed E-state index contributed by atoms with van der Waals surface area (Å²) in [5, 5.41) is 4.02. The molecular formula is C11H11FN2O4. The van der Waals surface area contributed by atoms with Crippen LogP contribution in [0.25, 0.3) is 0 Å². The van der Waals surface area contributed by atoms with Crippen LogP contribution in [0.4, 0.5) is 14.9 Å². The second-order valence-corrected chi connectivity index (χ2v) is 3.26. The molecule has 7 heteroatoms. The van der Waals surface area contributed by atoms with Gasteiger partial charge < -0.3 is 10.1 Å². The van der Waals surface area contributed by atoms with Gasteiger partial charge in [-0.15, -0.1) is 0 Å². The lowest BCUT2D eigenvalue weighted by Gasteiger charge is -2.07. The summed E-state index contributed by atoms with van der Waals surface area (Å²) in [7, 11) is 0. The topological polar surface area (TPSA) is 84.5 Å². The fourth-order valence-corrected chi connectivity index (χ4v) is 1.05. The maximum Gasteiger partial charge on any atom is 0.326 e. The summed E-state index contributed by atoms with van der Waals surface area (Å²) in [6.45, 7) is 0.562. The number of esters is 1. The first-order chi connectivity index (χ1) is 8.49. The number of imide groups is 1. The molecule has 0 atom stereocenters. The number of carbonyl (C=O) groups is 3. The first-order valence-electron chi connectivity index (χ1n) is 4.98. The van der Waals surface area contributed by atoms with Gasteiger partial charge in [-0.2, -0.15) is 0 Å². The summed E-state index contributed by atoms with van der Waals surface area (Å²) in [5.74, 6) is -2.07. The number of amides is 3. The molecule has 0 saturated heterocycles. The van der Waals surface area contributed by atoms with Gasteiger partial charge in [-0.3, -0.25) is 14.9 Å². The first-order valence-corrected chi connectivity index (χ1v) is 4.98. The van der Waals surface area contributed by atoms with Gasteiger partial charge in [0.1, 0.15) is 5.82 Å². The van der Waals surface area contributed by atoms with Crippen LogP contribution in [0.2, 0.25) is 0 Å². The van der Waals surface area contributed by atoms with Gasteiger partial charge in [-0.05, 0) is 12.1 Å². The van der Waals surface area contributed by atoms with E-state index in [0.29, 0.717) is 0 Å². The van der Waals surface area contributed by atoms with Gasteiger partial charge in [0, 0.05) is 6.92 Å². The van der Waals surface area contributed by atoms with Crippen LogP contribution in [-0.4, -0.2) is 24.5 Å². The van der Waals surface area contributed by atoms with Crippen molar-refractivity contribution < 1.29 is 23.5 Å². The molecule has 3 amide bonds. The number of ether oxygens (including phenoxy) is 1. The Morgan fingerprint density at radius 3 is 2.56 bits per heavy atom. The molecule has 0 aromatic heterocycles. The third-order valence-corrected chi connectivity index (χ3v) is 1.78. The normalized spacial score (nSPS) is 9.44. The second kappa shape index (κ2) is 6.33. The van der Waals surface area contributed by atoms with E-state index in [2.05, 4.69) is 10.1 Å². The average Bonchev–Trinajstić information content (AvgIpc) is 2.29. The third kappa shape index (κ3) is 4.60. The Balaban J connectivity index is 2.45. The van der Waals surface area contributed by atoms with E-state index in [1.54, 1.807) is 0 Å². The smallest absolute Gasteiger partial charge is 0.326 e. The predicted octanol–water partition coefficient (Wildman–Crippen LogP) is 1.04. The molecule has 18 heavy (non-hydrogen) atoms. The Morgan fingerprint density at radius 1 is 1.28 bits per heavy atom. The van der Waals surface area contributed by atoms with Crippen molar-refractivity contribution in [1.82, 2.24) is 5.32 Å². The molecule has 96 valence electrons. The van der Waals surface area contributed by atoms with Crippen molar-refractivity contribution in [1.29, 1.82) is 0 Å². The van der Waals surface area contributed by atoms with Crippen molar-refractivity contribution in [3.8, 4) is 0 Å². The van der Waals surface area contributed by atoms with Crippen LogP contribution in [0.15, 0.2) is 24.3 Å². The molecule has 0 heterocycles. The van der Waals surface area contributed by atoms with Crippen molar-refractivity contribution in [3.05, 3.63) is 30.1 Å². The zero-order valence-electron chi connectivity index (χ0n) is 9.53. The first kappa shape index (κ1) is 13.6. The average molecular weight is 254 g/mol. The number of halogens is 1. The maximum atomic E-state index is 13.1. The van der Waals surface area contributed by atoms with Gasteiger partial charge in [-0.1, -0.05) is 12.1 Å². The zero-order valence-corrected chi connectivity index (χ0v) is 9.53. The van der Waals surface area contributed by atoms with Gasteiger partial charge in [0.25, 0.3) is 5.91 Å². The standard InChI is InChI=1S/C11H11FN2O4/c1-7(15)18-6-10(16)14-11(17)13-9-5-3-2-4-8(9)12/h2-5H,6H2,1H3,(H2,13,14,16,17). The molecule has 1 aromatic rings. The minimum Gasteiger partial charge on any atom is -0.456 e. The van der Waals surface area contributed by atoms with Crippen molar-refractivity contribution in [2.24, 2.45) is 0 Å². The Bertz CT molecular complexity index is 476. The Kier molecular flexibility index (Phi) is 4.79. The van der Waals surface area contributed by atoms with Crippen molar-refractivity contribution in [2.75, 3.05) is 11.9 Å². The van der Waals surface area contributed by atoms with E-state index >= 15 is 0 Å². The summed E-state index contributed by atoms with van der Waals surface area (Å²) in [4.78, 5) is 32.8. The summed E-state index contributed by atoms with van der Waals surface area (Å²) < 4.78 is 17.5. The Morgan fingerprint density at radius 2 is 1.94 bits per heavy atom. The summed E-state index contributed by atoms with van der Waals surface area (Å²) in [5.41, 5.74) is -0.0599. The number of nitrogens with one attached hydrogen (secondary N) is 2. The number of carbonyl (C=O) groups excluding carboxylic acids is 3. The van der Waals surface area contributed by atoms with Gasteiger partial charge in [0.05, 0.1) is 5.69 Å². The quantitative estimate of drug-likeness (QED) is 0.789. The molecule has 0 spiro atoms. The molecule has 2 N–H and O–H groups in total. The molecule has 1 aromatic carbocycles. The van der Waals surface area contributed by atoms with Gasteiger partial charge in [0.15, 0.2) is 6.61 Å². The minimum atomic E-state index is -0.905. The van der Waals surface area contributed by atoms with Crippen molar-refractivity contribution in [3.63, 3.8) is 0 Å². The third-order valence-electron chi connectivity index (χ3n) is 1.78. The molecule has 0 aliphatic heterocycles. The molecular weight excluding hydrogens is 243 g/mol. The summed E-state index contributed by atoms with van der Waals surface area (Å²) in [6.07, 6.45) is 0. The highest BCUT2D eigenvalue weighted by atomic mass is 19.1. The van der Waals surface area contributed by atoms with Crippen molar-refractivity contribution >= 4 is 23.6 Å². The zero-order chi connectivity index (χ0) is 13.5. The maximum absolute atomic E-state index is 13.1. The van der Waals surface area contributed by atoms with Gasteiger partial charge in [-0.25, -0.2) is 9.18 Å². The number of para-hydroxylation sites is 1. The van der Waals surface area contributed by atoms with Gasteiger partial charge in [0.2, 0.25) is 0 Å². The van der Waals surface area contributed by atoms with Crippen LogP contribution < -0.4 is 10.6 Å². The number of benzene rings is 1. The van der Waals surface area contributed by atoms with Crippen molar-refractivity contribution in [2.45, 2.75) is 6.92 Å². The Labute approximate surface area is 102 Å². The highest BCUT2D eigenvalue weighted by Gasteiger charge is 2.10. The minimum absolute atomic E-state index is 0.0599. The lowest BCUT2D eigenvalue weighted by molar-refractivity contribution is -0.146. The number of urea groups is 1. The molecule has 0 saturated carbocycles. The molecule has 6 nitrogen and oxygen atoms in total. The van der Waals surface area contributed by atoms with E-state index in [0.717, 1.165) is 13.0 Å². The summed E-state index contributed by atoms with van der Waals surface area (Å²) >= 11 is 0. The van der Waals surface area contributed by atoms with Crippen LogP contribution in [0.3, 0.4) is 0 Å². The lowest BCUT2D eigenvalue weighted by Crippen LogP contribution is -2.37. The van der Waals surface area contributed by atoms with Crippen LogP contribution in [0, 0.1) is 5.82 Å². The van der Waals surface area contributed by atoms with Crippen LogP contribution in [-0.2, 0) is 14.3 Å². The van der Waals surface area contributed by atoms with Crippen LogP contribution in [0.5, 0.6) is 0 Å². The monoisotopic (exact) mass is 254 g/mol. The molecule has 1 rings (SSSR count). The molecule has 0 radical (unpaired) electrons. The highest BCUT2D eigenvalue weighted by Crippen LogP contribution is 2.11. The molecule has 0 aliphatic rings. The lowest BCUT2D eigenvalue weighted by atomic mass is 10.3. The van der Waals surface area contributed by atoms with E-state index < -0.39 is 30.3 Å². The second-order valence-electron chi connectivity index (χ2n) is 3.26. The van der Waals surface area contributed by atoms with Crippen LogP contribution in [0.1, 0.15) is 6.92 Å².